The highest BCUT2D eigenvalue weighted by Crippen LogP contribution is 2.21. The summed E-state index contributed by atoms with van der Waals surface area (Å²) in [5.74, 6) is 0.875. The van der Waals surface area contributed by atoms with Gasteiger partial charge in [-0.15, -0.1) is 10.2 Å². The SMILES string of the molecule is O=C(NCCCc1ccccc1)c1cccc(-c2ccc(N3CCCC3)nn2)c1. The number of hydrogen-bond donors (Lipinski definition) is 1. The van der Waals surface area contributed by atoms with Crippen LogP contribution in [0, 0.1) is 0 Å². The van der Waals surface area contributed by atoms with E-state index >= 15 is 0 Å². The van der Waals surface area contributed by atoms with Crippen molar-refractivity contribution in [2.24, 2.45) is 0 Å². The topological polar surface area (TPSA) is 58.1 Å². The average Bonchev–Trinajstić information content (AvgIpc) is 3.32. The van der Waals surface area contributed by atoms with Gasteiger partial charge in [0.1, 0.15) is 0 Å². The van der Waals surface area contributed by atoms with E-state index in [1.54, 1.807) is 0 Å². The van der Waals surface area contributed by atoms with Gasteiger partial charge in [0.15, 0.2) is 5.82 Å². The third-order valence-electron chi connectivity index (χ3n) is 5.27. The molecule has 5 nitrogen and oxygen atoms in total. The number of rotatable bonds is 7. The zero-order valence-corrected chi connectivity index (χ0v) is 16.6. The fourth-order valence-corrected chi connectivity index (χ4v) is 3.66. The Morgan fingerprint density at radius 3 is 2.52 bits per heavy atom. The Balaban J connectivity index is 1.34. The van der Waals surface area contributed by atoms with E-state index in [0.29, 0.717) is 12.1 Å². The predicted molar refractivity (Wildman–Crippen MR) is 116 cm³/mol. The van der Waals surface area contributed by atoms with Gasteiger partial charge >= 0.3 is 0 Å². The van der Waals surface area contributed by atoms with Gasteiger partial charge in [0.25, 0.3) is 5.91 Å². The maximum Gasteiger partial charge on any atom is 0.251 e. The van der Waals surface area contributed by atoms with Crippen molar-refractivity contribution < 1.29 is 4.79 Å². The van der Waals surface area contributed by atoms with Crippen molar-refractivity contribution >= 4 is 11.7 Å². The first-order chi connectivity index (χ1) is 14.3. The van der Waals surface area contributed by atoms with Crippen molar-refractivity contribution in [3.05, 3.63) is 77.9 Å². The smallest absolute Gasteiger partial charge is 0.251 e. The van der Waals surface area contributed by atoms with E-state index in [-0.39, 0.29) is 5.91 Å². The molecule has 0 radical (unpaired) electrons. The van der Waals surface area contributed by atoms with Crippen molar-refractivity contribution in [3.63, 3.8) is 0 Å². The Bertz CT molecular complexity index is 935. The zero-order chi connectivity index (χ0) is 19.9. The second kappa shape index (κ2) is 9.32. The highest BCUT2D eigenvalue weighted by Gasteiger charge is 2.14. The number of hydrogen-bond acceptors (Lipinski definition) is 4. The van der Waals surface area contributed by atoms with Gasteiger partial charge in [-0.2, -0.15) is 0 Å². The lowest BCUT2D eigenvalue weighted by Gasteiger charge is -2.15. The van der Waals surface area contributed by atoms with Crippen molar-refractivity contribution in [2.75, 3.05) is 24.5 Å². The molecular formula is C24H26N4O. The lowest BCUT2D eigenvalue weighted by molar-refractivity contribution is 0.0953. The van der Waals surface area contributed by atoms with Gasteiger partial charge in [-0.3, -0.25) is 4.79 Å². The van der Waals surface area contributed by atoms with E-state index in [4.69, 9.17) is 0 Å². The minimum atomic E-state index is -0.0541. The largest absolute Gasteiger partial charge is 0.355 e. The van der Waals surface area contributed by atoms with Gasteiger partial charge in [-0.25, -0.2) is 0 Å². The molecule has 5 heteroatoms. The van der Waals surface area contributed by atoms with E-state index in [1.165, 1.54) is 18.4 Å². The molecule has 0 aliphatic carbocycles. The number of aromatic nitrogens is 2. The molecule has 29 heavy (non-hydrogen) atoms. The zero-order valence-electron chi connectivity index (χ0n) is 16.6. The number of nitrogens with one attached hydrogen (secondary N) is 1. The Labute approximate surface area is 171 Å². The predicted octanol–water partition coefficient (Wildman–Crippen LogP) is 4.11. The second-order valence-corrected chi connectivity index (χ2v) is 7.40. The lowest BCUT2D eigenvalue weighted by Crippen LogP contribution is -2.24. The van der Waals surface area contributed by atoms with Gasteiger partial charge in [0.2, 0.25) is 0 Å². The molecule has 0 saturated carbocycles. The van der Waals surface area contributed by atoms with Crippen molar-refractivity contribution in [1.82, 2.24) is 15.5 Å². The van der Waals surface area contributed by atoms with E-state index in [0.717, 1.165) is 43.0 Å². The number of anilines is 1. The van der Waals surface area contributed by atoms with Crippen LogP contribution in [-0.2, 0) is 6.42 Å². The summed E-state index contributed by atoms with van der Waals surface area (Å²) in [5, 5.41) is 11.8. The highest BCUT2D eigenvalue weighted by molar-refractivity contribution is 5.95. The van der Waals surface area contributed by atoms with Gasteiger partial charge in [-0.05, 0) is 55.5 Å². The molecule has 4 rings (SSSR count). The first kappa shape index (κ1) is 19.1. The molecule has 0 unspecified atom stereocenters. The molecule has 1 N–H and O–H groups in total. The van der Waals surface area contributed by atoms with Crippen LogP contribution in [0.25, 0.3) is 11.3 Å². The molecule has 1 aromatic heterocycles. The summed E-state index contributed by atoms with van der Waals surface area (Å²) in [4.78, 5) is 14.8. The van der Waals surface area contributed by atoms with E-state index in [2.05, 4.69) is 32.5 Å². The molecule has 2 heterocycles. The summed E-state index contributed by atoms with van der Waals surface area (Å²) in [6.45, 7) is 2.75. The van der Waals surface area contributed by atoms with Crippen LogP contribution in [0.3, 0.4) is 0 Å². The standard InChI is InChI=1S/C24H26N4O/c29-24(25-15-7-10-19-8-2-1-3-9-19)21-12-6-11-20(18-21)22-13-14-23(27-26-22)28-16-4-5-17-28/h1-3,6,8-9,11-14,18H,4-5,7,10,15-17H2,(H,25,29). The van der Waals surface area contributed by atoms with Gasteiger partial charge in [0.05, 0.1) is 5.69 Å². The first-order valence-electron chi connectivity index (χ1n) is 10.3. The minimum Gasteiger partial charge on any atom is -0.355 e. The molecule has 3 aromatic rings. The molecule has 0 bridgehead atoms. The van der Waals surface area contributed by atoms with Crippen LogP contribution in [0.15, 0.2) is 66.7 Å². The fourth-order valence-electron chi connectivity index (χ4n) is 3.66. The molecule has 1 saturated heterocycles. The molecular weight excluding hydrogens is 360 g/mol. The van der Waals surface area contributed by atoms with E-state index in [1.807, 2.05) is 54.6 Å². The summed E-state index contributed by atoms with van der Waals surface area (Å²) >= 11 is 0. The number of benzene rings is 2. The summed E-state index contributed by atoms with van der Waals surface area (Å²) < 4.78 is 0. The van der Waals surface area contributed by atoms with E-state index in [9.17, 15) is 4.79 Å². The van der Waals surface area contributed by atoms with Crippen LogP contribution in [-0.4, -0.2) is 35.7 Å². The normalized spacial score (nSPS) is 13.4. The number of aryl methyl sites for hydroxylation is 1. The average molecular weight is 386 g/mol. The van der Waals surface area contributed by atoms with Crippen LogP contribution in [0.1, 0.15) is 35.2 Å². The molecule has 1 aliphatic rings. The summed E-state index contributed by atoms with van der Waals surface area (Å²) in [7, 11) is 0. The molecule has 1 amide bonds. The monoisotopic (exact) mass is 386 g/mol. The number of carbonyl (C=O) groups excluding carboxylic acids is 1. The van der Waals surface area contributed by atoms with E-state index < -0.39 is 0 Å². The fraction of sp³-hybridized carbons (Fsp3) is 0.292. The molecule has 2 aromatic carbocycles. The molecule has 1 fully saturated rings. The van der Waals surface area contributed by atoms with Crippen LogP contribution >= 0.6 is 0 Å². The summed E-state index contributed by atoms with van der Waals surface area (Å²) in [6, 6.07) is 21.9. The Morgan fingerprint density at radius 2 is 1.76 bits per heavy atom. The molecule has 148 valence electrons. The van der Waals surface area contributed by atoms with Crippen molar-refractivity contribution in [1.29, 1.82) is 0 Å². The quantitative estimate of drug-likeness (QED) is 0.621. The third-order valence-corrected chi connectivity index (χ3v) is 5.27. The van der Waals surface area contributed by atoms with Crippen LogP contribution < -0.4 is 10.2 Å². The minimum absolute atomic E-state index is 0.0541. The van der Waals surface area contributed by atoms with Gasteiger partial charge in [-0.1, -0.05) is 42.5 Å². The number of amides is 1. The van der Waals surface area contributed by atoms with Crippen LogP contribution in [0.2, 0.25) is 0 Å². The second-order valence-electron chi connectivity index (χ2n) is 7.40. The molecule has 0 atom stereocenters. The Kier molecular flexibility index (Phi) is 6.15. The summed E-state index contributed by atoms with van der Waals surface area (Å²) in [5.41, 5.74) is 3.63. The van der Waals surface area contributed by atoms with Crippen LogP contribution in [0.5, 0.6) is 0 Å². The first-order valence-corrected chi connectivity index (χ1v) is 10.3. The molecule has 0 spiro atoms. The Morgan fingerprint density at radius 1 is 0.931 bits per heavy atom. The van der Waals surface area contributed by atoms with Crippen molar-refractivity contribution in [3.8, 4) is 11.3 Å². The van der Waals surface area contributed by atoms with Crippen molar-refractivity contribution in [2.45, 2.75) is 25.7 Å². The number of nitrogens with zero attached hydrogens (tertiary/aromatic N) is 3. The maximum absolute atomic E-state index is 12.5. The van der Waals surface area contributed by atoms with Crippen LogP contribution in [0.4, 0.5) is 5.82 Å². The summed E-state index contributed by atoms with van der Waals surface area (Å²) in [6.07, 6.45) is 4.30. The van der Waals surface area contributed by atoms with Gasteiger partial charge in [0, 0.05) is 30.8 Å². The highest BCUT2D eigenvalue weighted by atomic mass is 16.1. The molecule has 1 aliphatic heterocycles. The van der Waals surface area contributed by atoms with Gasteiger partial charge < -0.3 is 10.2 Å². The lowest BCUT2D eigenvalue weighted by atomic mass is 10.1. The Hall–Kier alpha value is -3.21. The third kappa shape index (κ3) is 4.99. The maximum atomic E-state index is 12.5. The number of carbonyl (C=O) groups is 1.